The number of nitrogens with zero attached hydrogens (tertiary/aromatic N) is 1. The van der Waals surface area contributed by atoms with Crippen LogP contribution in [0.4, 0.5) is 4.79 Å². The van der Waals surface area contributed by atoms with E-state index < -0.39 is 28.3 Å². The molecule has 2 aromatic carbocycles. The molecule has 4 N–H and O–H groups in total. The minimum Gasteiger partial charge on any atom is -0.494 e. The first-order chi connectivity index (χ1) is 18.1. The number of fused-ring (bicyclic) bond motifs is 1. The van der Waals surface area contributed by atoms with Gasteiger partial charge in [0, 0.05) is 25.8 Å². The van der Waals surface area contributed by atoms with Gasteiger partial charge in [-0.3, -0.25) is 0 Å². The van der Waals surface area contributed by atoms with Crippen LogP contribution in [0.2, 0.25) is 0 Å². The van der Waals surface area contributed by atoms with Gasteiger partial charge in [0.25, 0.3) is 0 Å². The average molecular weight is 553 g/mol. The summed E-state index contributed by atoms with van der Waals surface area (Å²) in [5.41, 5.74) is 0.736. The molecule has 0 saturated carbocycles. The number of aliphatic hydroxyl groups excluding tert-OH is 2. The highest BCUT2D eigenvalue weighted by atomic mass is 32.2. The van der Waals surface area contributed by atoms with Crippen molar-refractivity contribution in [3.8, 4) is 17.2 Å². The lowest BCUT2D eigenvalue weighted by Crippen LogP contribution is -2.50. The molecule has 38 heavy (non-hydrogen) atoms. The number of hydrogen-bond acceptors (Lipinski definition) is 8. The van der Waals surface area contributed by atoms with E-state index in [2.05, 4.69) is 5.32 Å². The molecule has 0 spiro atoms. The van der Waals surface area contributed by atoms with Gasteiger partial charge in [-0.2, -0.15) is 4.31 Å². The summed E-state index contributed by atoms with van der Waals surface area (Å²) in [6.45, 7) is 4.10. The predicted octanol–water partition coefficient (Wildman–Crippen LogP) is 2.45. The Balaban J connectivity index is 1.74. The van der Waals surface area contributed by atoms with Crippen molar-refractivity contribution in [2.75, 3.05) is 33.1 Å². The smallest absolute Gasteiger partial charge is 0.404 e. The molecule has 1 heterocycles. The maximum absolute atomic E-state index is 13.5. The van der Waals surface area contributed by atoms with Crippen molar-refractivity contribution in [3.63, 3.8) is 0 Å². The number of amides is 1. The van der Waals surface area contributed by atoms with Gasteiger partial charge in [0.15, 0.2) is 11.5 Å². The van der Waals surface area contributed by atoms with E-state index in [1.54, 1.807) is 24.3 Å². The van der Waals surface area contributed by atoms with Crippen molar-refractivity contribution >= 4 is 16.1 Å². The number of rotatable bonds is 15. The summed E-state index contributed by atoms with van der Waals surface area (Å²) in [5, 5.41) is 31.6. The molecular formula is C26H36N2O9S. The van der Waals surface area contributed by atoms with Crippen LogP contribution in [0, 0.1) is 5.92 Å². The molecule has 0 aliphatic carbocycles. The molecule has 2 aromatic rings. The molecule has 11 nitrogen and oxygen atoms in total. The molecule has 0 fully saturated rings. The Bertz CT molecular complexity index is 1160. The number of carboxylic acid groups (broad SMARTS) is 1. The number of hydrogen-bond donors (Lipinski definition) is 4. The summed E-state index contributed by atoms with van der Waals surface area (Å²) >= 11 is 0. The summed E-state index contributed by atoms with van der Waals surface area (Å²) in [5.74, 6) is 1.35. The monoisotopic (exact) mass is 552 g/mol. The van der Waals surface area contributed by atoms with Gasteiger partial charge < -0.3 is 34.8 Å². The Labute approximate surface area is 223 Å². The van der Waals surface area contributed by atoms with Gasteiger partial charge in [0.1, 0.15) is 5.75 Å². The van der Waals surface area contributed by atoms with Crippen molar-refractivity contribution in [3.05, 3.63) is 48.0 Å². The maximum Gasteiger partial charge on any atom is 0.404 e. The molecule has 1 aliphatic heterocycles. The van der Waals surface area contributed by atoms with Gasteiger partial charge >= 0.3 is 6.09 Å². The second kappa shape index (κ2) is 13.7. The van der Waals surface area contributed by atoms with Crippen LogP contribution in [0.5, 0.6) is 17.2 Å². The molecule has 0 saturated heterocycles. The molecule has 0 aromatic heterocycles. The maximum atomic E-state index is 13.5. The minimum absolute atomic E-state index is 0.00656. The minimum atomic E-state index is -4.04. The molecular weight excluding hydrogens is 516 g/mol. The molecule has 0 unspecified atom stereocenters. The van der Waals surface area contributed by atoms with Gasteiger partial charge in [-0.05, 0) is 55.0 Å². The SMILES string of the molecule is CC(C)CN(C[C@@H](O)[C@H](Cc1ccc(OCCCCO)cc1)NC(=O)O)S(=O)(=O)c1ccc2c(c1)OCO2. The number of benzene rings is 2. The fourth-order valence-corrected chi connectivity index (χ4v) is 5.66. The van der Waals surface area contributed by atoms with Crippen LogP contribution < -0.4 is 19.5 Å². The molecule has 12 heteroatoms. The molecule has 3 rings (SSSR count). The summed E-state index contributed by atoms with van der Waals surface area (Å²) in [7, 11) is -4.04. The Kier molecular flexibility index (Phi) is 10.6. The second-order valence-electron chi connectivity index (χ2n) is 9.48. The van der Waals surface area contributed by atoms with Crippen LogP contribution in [-0.2, 0) is 16.4 Å². The first kappa shape index (κ1) is 29.5. The summed E-state index contributed by atoms with van der Waals surface area (Å²) in [4.78, 5) is 11.5. The number of unbranched alkanes of at least 4 members (excludes halogenated alkanes) is 1. The average Bonchev–Trinajstić information content (AvgIpc) is 3.34. The van der Waals surface area contributed by atoms with E-state index in [0.29, 0.717) is 30.3 Å². The van der Waals surface area contributed by atoms with E-state index in [-0.39, 0.29) is 43.7 Å². The van der Waals surface area contributed by atoms with Crippen molar-refractivity contribution in [2.45, 2.75) is 50.2 Å². The molecule has 210 valence electrons. The largest absolute Gasteiger partial charge is 0.494 e. The third-order valence-corrected chi connectivity index (χ3v) is 7.74. The highest BCUT2D eigenvalue weighted by molar-refractivity contribution is 7.89. The highest BCUT2D eigenvalue weighted by Gasteiger charge is 2.32. The van der Waals surface area contributed by atoms with Crippen molar-refractivity contribution < 1.29 is 42.7 Å². The van der Waals surface area contributed by atoms with Crippen LogP contribution in [0.3, 0.4) is 0 Å². The Morgan fingerprint density at radius 3 is 2.45 bits per heavy atom. The topological polar surface area (TPSA) is 155 Å². The van der Waals surface area contributed by atoms with Crippen LogP contribution in [0.15, 0.2) is 47.4 Å². The van der Waals surface area contributed by atoms with Crippen LogP contribution >= 0.6 is 0 Å². The summed E-state index contributed by atoms with van der Waals surface area (Å²) < 4.78 is 44.4. The van der Waals surface area contributed by atoms with Gasteiger partial charge in [0.2, 0.25) is 16.8 Å². The van der Waals surface area contributed by atoms with Crippen LogP contribution in [0.25, 0.3) is 0 Å². The summed E-state index contributed by atoms with van der Waals surface area (Å²) in [6, 6.07) is 10.4. The Morgan fingerprint density at radius 1 is 1.08 bits per heavy atom. The van der Waals surface area contributed by atoms with Gasteiger partial charge in [-0.1, -0.05) is 26.0 Å². The number of sulfonamides is 1. The fraction of sp³-hybridized carbons (Fsp3) is 0.500. The van der Waals surface area contributed by atoms with E-state index in [1.165, 1.54) is 22.5 Å². The zero-order chi connectivity index (χ0) is 27.7. The quantitative estimate of drug-likeness (QED) is 0.244. The fourth-order valence-electron chi connectivity index (χ4n) is 4.02. The number of carbonyl (C=O) groups is 1. The van der Waals surface area contributed by atoms with Gasteiger partial charge in [0.05, 0.1) is 23.6 Å². The number of aliphatic hydroxyl groups is 2. The van der Waals surface area contributed by atoms with Gasteiger partial charge in [-0.25, -0.2) is 13.2 Å². The lowest BCUT2D eigenvalue weighted by molar-refractivity contribution is 0.0980. The van der Waals surface area contributed by atoms with E-state index in [1.807, 2.05) is 13.8 Å². The van der Waals surface area contributed by atoms with Crippen molar-refractivity contribution in [1.82, 2.24) is 9.62 Å². The van der Waals surface area contributed by atoms with Crippen molar-refractivity contribution in [1.29, 1.82) is 0 Å². The third kappa shape index (κ3) is 8.22. The molecule has 2 atom stereocenters. The van der Waals surface area contributed by atoms with E-state index in [4.69, 9.17) is 19.3 Å². The standard InChI is InChI=1S/C26H36N2O9S/c1-18(2)15-28(38(33,34)21-9-10-24-25(14-21)37-17-36-24)16-23(30)22(27-26(31)32)13-19-5-7-20(8-6-19)35-12-4-3-11-29/h5-10,14,18,22-23,27,29-30H,3-4,11-13,15-17H2,1-2H3,(H,31,32)/t22-,23+/m0/s1. The number of nitrogens with one attached hydrogen (secondary N) is 1. The number of ether oxygens (including phenoxy) is 3. The lowest BCUT2D eigenvalue weighted by Gasteiger charge is -2.30. The second-order valence-corrected chi connectivity index (χ2v) is 11.4. The first-order valence-electron chi connectivity index (χ1n) is 12.5. The normalized spacial score (nSPS) is 14.5. The zero-order valence-electron chi connectivity index (χ0n) is 21.6. The van der Waals surface area contributed by atoms with Crippen LogP contribution in [-0.4, -0.2) is 79.4 Å². The lowest BCUT2D eigenvalue weighted by atomic mass is 10.0. The Hall–Kier alpha value is -3.06. The highest BCUT2D eigenvalue weighted by Crippen LogP contribution is 2.35. The van der Waals surface area contributed by atoms with E-state index in [9.17, 15) is 23.4 Å². The first-order valence-corrected chi connectivity index (χ1v) is 13.9. The molecule has 0 bridgehead atoms. The summed E-state index contributed by atoms with van der Waals surface area (Å²) in [6.07, 6.45) is -1.15. The van der Waals surface area contributed by atoms with Gasteiger partial charge in [-0.15, -0.1) is 0 Å². The van der Waals surface area contributed by atoms with E-state index in [0.717, 1.165) is 12.0 Å². The predicted molar refractivity (Wildman–Crippen MR) is 139 cm³/mol. The van der Waals surface area contributed by atoms with E-state index >= 15 is 0 Å². The molecule has 0 radical (unpaired) electrons. The molecule has 1 amide bonds. The zero-order valence-corrected chi connectivity index (χ0v) is 22.4. The molecule has 1 aliphatic rings. The van der Waals surface area contributed by atoms with Crippen LogP contribution in [0.1, 0.15) is 32.3 Å². The van der Waals surface area contributed by atoms with Crippen molar-refractivity contribution in [2.24, 2.45) is 5.92 Å². The third-order valence-electron chi connectivity index (χ3n) is 5.91. The Morgan fingerprint density at radius 2 is 1.79 bits per heavy atom.